The van der Waals surface area contributed by atoms with Crippen LogP contribution in [0.4, 0.5) is 0 Å². The predicted molar refractivity (Wildman–Crippen MR) is 105 cm³/mol. The molecule has 0 fully saturated rings. The highest BCUT2D eigenvalue weighted by Crippen LogP contribution is 2.51. The highest BCUT2D eigenvalue weighted by molar-refractivity contribution is 9.11. The molecule has 0 atom stereocenters. The van der Waals surface area contributed by atoms with Crippen LogP contribution in [-0.2, 0) is 0 Å². The van der Waals surface area contributed by atoms with Crippen LogP contribution in [0.3, 0.4) is 0 Å². The van der Waals surface area contributed by atoms with Crippen LogP contribution >= 0.6 is 66.8 Å². The molecule has 0 amide bonds. The molecular formula is C16H14Br2Cl2O2S. The van der Waals surface area contributed by atoms with Crippen molar-refractivity contribution in [3.05, 3.63) is 41.2 Å². The van der Waals surface area contributed by atoms with Gasteiger partial charge in [-0.05, 0) is 81.8 Å². The minimum absolute atomic E-state index is 0.0982. The van der Waals surface area contributed by atoms with E-state index in [1.54, 1.807) is 0 Å². The molecule has 0 saturated carbocycles. The Labute approximate surface area is 166 Å². The summed E-state index contributed by atoms with van der Waals surface area (Å²) in [6.45, 7) is 7.33. The van der Waals surface area contributed by atoms with Crippen LogP contribution < -0.4 is 0 Å². The van der Waals surface area contributed by atoms with Gasteiger partial charge in [0.05, 0.1) is 18.7 Å². The largest absolute Gasteiger partial charge is 0.506 e. The lowest BCUT2D eigenvalue weighted by Crippen LogP contribution is -1.93. The highest BCUT2D eigenvalue weighted by Gasteiger charge is 2.23. The average Bonchev–Trinajstić information content (AvgIpc) is 2.54. The number of phenolic OH excluding ortho intramolecular Hbond substituents is 2. The van der Waals surface area contributed by atoms with Crippen molar-refractivity contribution in [2.24, 2.45) is 0 Å². The molecule has 0 unspecified atom stereocenters. The molecule has 0 heterocycles. The lowest BCUT2D eigenvalue weighted by Gasteiger charge is -2.18. The molecule has 2 rings (SSSR count). The number of hydrogen-bond acceptors (Lipinski definition) is 3. The standard InChI is InChI=1S/C16H14Br2Cl2O2S/c1-5-9(17)13(21)15(7(3)11(5)19)23-16-8(4)12(20)6(2)10(18)14(16)22/h21-22H,1-4H3. The van der Waals surface area contributed by atoms with Gasteiger partial charge >= 0.3 is 0 Å². The van der Waals surface area contributed by atoms with Crippen LogP contribution in [0.1, 0.15) is 22.3 Å². The van der Waals surface area contributed by atoms with Crippen LogP contribution in [-0.4, -0.2) is 10.2 Å². The fraction of sp³-hybridized carbons (Fsp3) is 0.250. The van der Waals surface area contributed by atoms with E-state index < -0.39 is 0 Å². The van der Waals surface area contributed by atoms with Gasteiger partial charge in [-0.25, -0.2) is 0 Å². The third-order valence-electron chi connectivity index (χ3n) is 3.71. The Morgan fingerprint density at radius 2 is 1.00 bits per heavy atom. The number of halogens is 4. The fourth-order valence-electron chi connectivity index (χ4n) is 2.22. The zero-order valence-electron chi connectivity index (χ0n) is 12.8. The van der Waals surface area contributed by atoms with Crippen LogP contribution in [0.15, 0.2) is 18.7 Å². The second-order valence-electron chi connectivity index (χ2n) is 5.21. The van der Waals surface area contributed by atoms with Crippen molar-refractivity contribution < 1.29 is 10.2 Å². The highest BCUT2D eigenvalue weighted by atomic mass is 79.9. The van der Waals surface area contributed by atoms with Crippen LogP contribution in [0.25, 0.3) is 0 Å². The number of aromatic hydroxyl groups is 2. The first-order chi connectivity index (χ1) is 10.6. The van der Waals surface area contributed by atoms with Gasteiger partial charge in [0, 0.05) is 10.0 Å². The fourth-order valence-corrected chi connectivity index (χ4v) is 5.10. The van der Waals surface area contributed by atoms with Gasteiger partial charge in [0.15, 0.2) is 0 Å². The Kier molecular flexibility index (Phi) is 5.90. The molecule has 0 saturated heterocycles. The Morgan fingerprint density at radius 3 is 1.30 bits per heavy atom. The second kappa shape index (κ2) is 7.04. The van der Waals surface area contributed by atoms with E-state index in [1.807, 2.05) is 27.7 Å². The predicted octanol–water partition coefficient (Wildman–Crippen LogP) is 7.31. The van der Waals surface area contributed by atoms with E-state index in [2.05, 4.69) is 31.9 Å². The maximum absolute atomic E-state index is 10.5. The Bertz CT molecular complexity index is 697. The van der Waals surface area contributed by atoms with Crippen molar-refractivity contribution in [3.8, 4) is 11.5 Å². The summed E-state index contributed by atoms with van der Waals surface area (Å²) in [5, 5.41) is 22.1. The summed E-state index contributed by atoms with van der Waals surface area (Å²) in [6, 6.07) is 0. The summed E-state index contributed by atoms with van der Waals surface area (Å²) in [7, 11) is 0. The number of benzene rings is 2. The minimum Gasteiger partial charge on any atom is -0.506 e. The smallest absolute Gasteiger partial charge is 0.144 e. The Hall–Kier alpha value is -0.0700. The monoisotopic (exact) mass is 498 g/mol. The average molecular weight is 501 g/mol. The molecule has 0 radical (unpaired) electrons. The van der Waals surface area contributed by atoms with E-state index in [-0.39, 0.29) is 11.5 Å². The first-order valence-electron chi connectivity index (χ1n) is 6.61. The quantitative estimate of drug-likeness (QED) is 0.454. The van der Waals surface area contributed by atoms with Gasteiger partial charge in [-0.15, -0.1) is 0 Å². The summed E-state index contributed by atoms with van der Waals surface area (Å²) in [5.41, 5.74) is 3.05. The van der Waals surface area contributed by atoms with Crippen LogP contribution in [0.5, 0.6) is 11.5 Å². The number of hydrogen-bond donors (Lipinski definition) is 2. The van der Waals surface area contributed by atoms with Crippen molar-refractivity contribution >= 4 is 66.8 Å². The molecule has 2 aromatic carbocycles. The van der Waals surface area contributed by atoms with E-state index in [1.165, 1.54) is 11.8 Å². The zero-order chi connectivity index (χ0) is 17.6. The van der Waals surface area contributed by atoms with Crippen molar-refractivity contribution in [1.82, 2.24) is 0 Å². The molecule has 2 aromatic rings. The van der Waals surface area contributed by atoms with Crippen LogP contribution in [0, 0.1) is 27.7 Å². The maximum Gasteiger partial charge on any atom is 0.144 e. The van der Waals surface area contributed by atoms with Gasteiger partial charge in [0.1, 0.15) is 11.5 Å². The van der Waals surface area contributed by atoms with E-state index in [0.717, 1.165) is 22.3 Å². The molecular weight excluding hydrogens is 487 g/mol. The Balaban J connectivity index is 2.71. The van der Waals surface area contributed by atoms with Gasteiger partial charge in [0.25, 0.3) is 0 Å². The summed E-state index contributed by atoms with van der Waals surface area (Å²) in [6.07, 6.45) is 0. The molecule has 23 heavy (non-hydrogen) atoms. The molecule has 124 valence electrons. The van der Waals surface area contributed by atoms with E-state index in [4.69, 9.17) is 23.2 Å². The normalized spacial score (nSPS) is 11.1. The second-order valence-corrected chi connectivity index (χ2v) is 8.58. The lowest BCUT2D eigenvalue weighted by atomic mass is 10.1. The summed E-state index contributed by atoms with van der Waals surface area (Å²) in [4.78, 5) is 1.16. The first kappa shape index (κ1) is 19.3. The molecule has 2 N–H and O–H groups in total. The first-order valence-corrected chi connectivity index (χ1v) is 9.77. The molecule has 7 heteroatoms. The van der Waals surface area contributed by atoms with Gasteiger partial charge in [-0.3, -0.25) is 0 Å². The minimum atomic E-state index is 0.0982. The summed E-state index contributed by atoms with van der Waals surface area (Å²) >= 11 is 20.6. The third-order valence-corrected chi connectivity index (χ3v) is 8.19. The SMILES string of the molecule is Cc1c(Cl)c(C)c(Sc2c(C)c(Cl)c(C)c(Br)c2O)c(O)c1Br. The Morgan fingerprint density at radius 1 is 0.696 bits per heavy atom. The van der Waals surface area contributed by atoms with Crippen molar-refractivity contribution in [1.29, 1.82) is 0 Å². The van der Waals surface area contributed by atoms with E-state index in [9.17, 15) is 10.2 Å². The summed E-state index contributed by atoms with van der Waals surface area (Å²) in [5.74, 6) is 0.196. The number of phenols is 2. The van der Waals surface area contributed by atoms with E-state index in [0.29, 0.717) is 28.8 Å². The van der Waals surface area contributed by atoms with Gasteiger partial charge < -0.3 is 10.2 Å². The molecule has 2 nitrogen and oxygen atoms in total. The molecule has 0 aliphatic heterocycles. The van der Waals surface area contributed by atoms with Crippen molar-refractivity contribution in [2.45, 2.75) is 37.5 Å². The van der Waals surface area contributed by atoms with Crippen molar-refractivity contribution in [3.63, 3.8) is 0 Å². The molecule has 0 aliphatic rings. The lowest BCUT2D eigenvalue weighted by molar-refractivity contribution is 0.454. The topological polar surface area (TPSA) is 40.5 Å². The maximum atomic E-state index is 10.5. The van der Waals surface area contributed by atoms with Crippen molar-refractivity contribution in [2.75, 3.05) is 0 Å². The van der Waals surface area contributed by atoms with E-state index >= 15 is 0 Å². The van der Waals surface area contributed by atoms with Gasteiger partial charge in [-0.2, -0.15) is 0 Å². The zero-order valence-corrected chi connectivity index (χ0v) is 18.3. The van der Waals surface area contributed by atoms with Gasteiger partial charge in [-0.1, -0.05) is 35.0 Å². The van der Waals surface area contributed by atoms with Crippen LogP contribution in [0.2, 0.25) is 10.0 Å². The third kappa shape index (κ3) is 3.23. The number of rotatable bonds is 2. The molecule has 0 bridgehead atoms. The molecule has 0 aliphatic carbocycles. The van der Waals surface area contributed by atoms with Gasteiger partial charge in [0.2, 0.25) is 0 Å². The summed E-state index contributed by atoms with van der Waals surface area (Å²) < 4.78 is 1.09. The molecule has 0 spiro atoms. The molecule has 0 aromatic heterocycles.